The molecule has 3 heteroatoms. The molecule has 0 saturated heterocycles. The SMILES string of the molecule is CC(C)(Cc1ccccc1Br)N=C=O. The van der Waals surface area contributed by atoms with Gasteiger partial charge in [0.15, 0.2) is 0 Å². The summed E-state index contributed by atoms with van der Waals surface area (Å²) in [7, 11) is 0. The van der Waals surface area contributed by atoms with Crippen LogP contribution in [-0.2, 0) is 11.2 Å². The Hall–Kier alpha value is -0.920. The molecule has 0 aliphatic heterocycles. The molecule has 1 aromatic rings. The summed E-state index contributed by atoms with van der Waals surface area (Å²) < 4.78 is 1.05. The number of carbonyl (C=O) groups excluding carboxylic acids is 1. The summed E-state index contributed by atoms with van der Waals surface area (Å²) in [5.74, 6) is 0. The van der Waals surface area contributed by atoms with Crippen molar-refractivity contribution in [3.8, 4) is 0 Å². The molecule has 0 amide bonds. The van der Waals surface area contributed by atoms with Gasteiger partial charge in [0.2, 0.25) is 6.08 Å². The Bertz CT molecular complexity index is 367. The minimum atomic E-state index is -0.383. The molecule has 0 bridgehead atoms. The summed E-state index contributed by atoms with van der Waals surface area (Å²) in [4.78, 5) is 14.0. The number of nitrogens with zero attached hydrogens (tertiary/aromatic N) is 1. The monoisotopic (exact) mass is 253 g/mol. The lowest BCUT2D eigenvalue weighted by molar-refractivity contribution is 0.500. The first kappa shape index (κ1) is 11.2. The second-order valence-corrected chi connectivity index (χ2v) is 4.64. The van der Waals surface area contributed by atoms with Crippen LogP contribution in [0.4, 0.5) is 0 Å². The maximum absolute atomic E-state index is 10.2. The summed E-state index contributed by atoms with van der Waals surface area (Å²) in [6.45, 7) is 3.83. The standard InChI is InChI=1S/C11H12BrNO/c1-11(2,13-8-14)7-9-5-3-4-6-10(9)12/h3-6H,7H2,1-2H3. The highest BCUT2D eigenvalue weighted by Gasteiger charge is 2.17. The third-order valence-electron chi connectivity index (χ3n) is 1.93. The van der Waals surface area contributed by atoms with E-state index in [1.54, 1.807) is 6.08 Å². The van der Waals surface area contributed by atoms with Gasteiger partial charge in [-0.25, -0.2) is 4.79 Å². The second-order valence-electron chi connectivity index (χ2n) is 3.78. The quantitative estimate of drug-likeness (QED) is 0.602. The number of rotatable bonds is 3. The molecule has 0 aromatic heterocycles. The molecule has 0 fully saturated rings. The summed E-state index contributed by atoms with van der Waals surface area (Å²) >= 11 is 3.46. The number of halogens is 1. The maximum Gasteiger partial charge on any atom is 0.235 e. The fourth-order valence-corrected chi connectivity index (χ4v) is 1.70. The van der Waals surface area contributed by atoms with Gasteiger partial charge in [-0.2, -0.15) is 4.99 Å². The van der Waals surface area contributed by atoms with Crippen LogP contribution in [-0.4, -0.2) is 11.6 Å². The van der Waals surface area contributed by atoms with Gasteiger partial charge in [0.05, 0.1) is 5.54 Å². The van der Waals surface area contributed by atoms with Gasteiger partial charge in [-0.05, 0) is 31.9 Å². The van der Waals surface area contributed by atoms with Crippen LogP contribution in [0.15, 0.2) is 33.7 Å². The van der Waals surface area contributed by atoms with Crippen LogP contribution in [0.5, 0.6) is 0 Å². The molecule has 2 nitrogen and oxygen atoms in total. The van der Waals surface area contributed by atoms with E-state index in [1.807, 2.05) is 38.1 Å². The molecule has 0 aliphatic rings. The van der Waals surface area contributed by atoms with Crippen molar-refractivity contribution in [1.29, 1.82) is 0 Å². The van der Waals surface area contributed by atoms with E-state index < -0.39 is 0 Å². The molecular weight excluding hydrogens is 242 g/mol. The zero-order chi connectivity index (χ0) is 10.6. The highest BCUT2D eigenvalue weighted by molar-refractivity contribution is 9.10. The molecule has 0 heterocycles. The fraction of sp³-hybridized carbons (Fsp3) is 0.364. The minimum absolute atomic E-state index is 0.383. The van der Waals surface area contributed by atoms with Crippen LogP contribution in [0, 0.1) is 0 Å². The summed E-state index contributed by atoms with van der Waals surface area (Å²) in [6.07, 6.45) is 2.33. The topological polar surface area (TPSA) is 29.4 Å². The molecule has 1 aromatic carbocycles. The number of benzene rings is 1. The van der Waals surface area contributed by atoms with Gasteiger partial charge < -0.3 is 0 Å². The van der Waals surface area contributed by atoms with Crippen molar-refractivity contribution in [3.63, 3.8) is 0 Å². The van der Waals surface area contributed by atoms with E-state index >= 15 is 0 Å². The number of hydrogen-bond donors (Lipinski definition) is 0. The average molecular weight is 254 g/mol. The van der Waals surface area contributed by atoms with Crippen LogP contribution in [0.3, 0.4) is 0 Å². The lowest BCUT2D eigenvalue weighted by Crippen LogP contribution is -2.20. The molecule has 0 spiro atoms. The van der Waals surface area contributed by atoms with Crippen molar-refractivity contribution < 1.29 is 4.79 Å². The van der Waals surface area contributed by atoms with E-state index in [0.717, 1.165) is 16.5 Å². The third-order valence-corrected chi connectivity index (χ3v) is 2.70. The Morgan fingerprint density at radius 2 is 2.07 bits per heavy atom. The summed E-state index contributed by atoms with van der Waals surface area (Å²) in [5, 5.41) is 0. The molecule has 0 atom stereocenters. The van der Waals surface area contributed by atoms with Crippen LogP contribution >= 0.6 is 15.9 Å². The van der Waals surface area contributed by atoms with E-state index in [4.69, 9.17) is 0 Å². The van der Waals surface area contributed by atoms with Gasteiger partial charge in [-0.15, -0.1) is 0 Å². The van der Waals surface area contributed by atoms with Crippen LogP contribution in [0.2, 0.25) is 0 Å². The third kappa shape index (κ3) is 3.09. The Balaban J connectivity index is 2.88. The Kier molecular flexibility index (Phi) is 3.62. The van der Waals surface area contributed by atoms with Gasteiger partial charge in [0.1, 0.15) is 0 Å². The number of aliphatic imine (C=N–C) groups is 1. The van der Waals surface area contributed by atoms with E-state index in [2.05, 4.69) is 20.9 Å². The molecule has 1 rings (SSSR count). The lowest BCUT2D eigenvalue weighted by Gasteiger charge is -2.17. The highest BCUT2D eigenvalue weighted by atomic mass is 79.9. The maximum atomic E-state index is 10.2. The van der Waals surface area contributed by atoms with Crippen molar-refractivity contribution in [1.82, 2.24) is 0 Å². The Labute approximate surface area is 92.2 Å². The van der Waals surface area contributed by atoms with Crippen LogP contribution in [0.1, 0.15) is 19.4 Å². The van der Waals surface area contributed by atoms with E-state index in [-0.39, 0.29) is 5.54 Å². The van der Waals surface area contributed by atoms with Crippen molar-refractivity contribution >= 4 is 22.0 Å². The van der Waals surface area contributed by atoms with Gasteiger partial charge in [0, 0.05) is 4.47 Å². The summed E-state index contributed by atoms with van der Waals surface area (Å²) in [5.41, 5.74) is 0.766. The second kappa shape index (κ2) is 4.54. The van der Waals surface area contributed by atoms with Crippen LogP contribution in [0.25, 0.3) is 0 Å². The van der Waals surface area contributed by atoms with Crippen LogP contribution < -0.4 is 0 Å². The average Bonchev–Trinajstić information content (AvgIpc) is 2.08. The first-order valence-electron chi connectivity index (χ1n) is 4.37. The lowest BCUT2D eigenvalue weighted by atomic mass is 9.96. The van der Waals surface area contributed by atoms with Crippen molar-refractivity contribution in [2.75, 3.05) is 0 Å². The molecular formula is C11H12BrNO. The molecule has 0 aliphatic carbocycles. The molecule has 14 heavy (non-hydrogen) atoms. The molecule has 0 radical (unpaired) electrons. The van der Waals surface area contributed by atoms with Crippen molar-refractivity contribution in [2.24, 2.45) is 4.99 Å². The van der Waals surface area contributed by atoms with E-state index in [0.29, 0.717) is 0 Å². The van der Waals surface area contributed by atoms with E-state index in [9.17, 15) is 4.79 Å². The first-order valence-corrected chi connectivity index (χ1v) is 5.17. The van der Waals surface area contributed by atoms with E-state index in [1.165, 1.54) is 0 Å². The first-order chi connectivity index (χ1) is 6.55. The van der Waals surface area contributed by atoms with Gasteiger partial charge in [-0.1, -0.05) is 34.1 Å². The Morgan fingerprint density at radius 3 is 2.64 bits per heavy atom. The van der Waals surface area contributed by atoms with Gasteiger partial charge in [0.25, 0.3) is 0 Å². The zero-order valence-electron chi connectivity index (χ0n) is 8.25. The fourth-order valence-electron chi connectivity index (χ4n) is 1.27. The number of isocyanates is 1. The predicted octanol–water partition coefficient (Wildman–Crippen LogP) is 3.11. The van der Waals surface area contributed by atoms with Crippen molar-refractivity contribution in [2.45, 2.75) is 25.8 Å². The molecule has 0 N–H and O–H groups in total. The molecule has 0 unspecified atom stereocenters. The normalized spacial score (nSPS) is 10.8. The largest absolute Gasteiger partial charge is 0.235 e. The molecule has 74 valence electrons. The summed E-state index contributed by atoms with van der Waals surface area (Å²) in [6, 6.07) is 7.94. The van der Waals surface area contributed by atoms with Gasteiger partial charge in [-0.3, -0.25) is 0 Å². The minimum Gasteiger partial charge on any atom is -0.211 e. The highest BCUT2D eigenvalue weighted by Crippen LogP contribution is 2.22. The van der Waals surface area contributed by atoms with Gasteiger partial charge >= 0.3 is 0 Å². The zero-order valence-corrected chi connectivity index (χ0v) is 9.84. The van der Waals surface area contributed by atoms with Crippen molar-refractivity contribution in [3.05, 3.63) is 34.3 Å². The predicted molar refractivity (Wildman–Crippen MR) is 60.0 cm³/mol. The smallest absolute Gasteiger partial charge is 0.211 e. The number of hydrogen-bond acceptors (Lipinski definition) is 2. The Morgan fingerprint density at radius 1 is 1.43 bits per heavy atom. The molecule has 0 saturated carbocycles.